The molecule has 0 bridgehead atoms. The fourth-order valence-electron chi connectivity index (χ4n) is 2.03. The molecule has 0 saturated heterocycles. The van der Waals surface area contributed by atoms with Gasteiger partial charge in [0.05, 0.1) is 0 Å². The average molecular weight is 511 g/mol. The normalized spacial score (nSPS) is 10.8. The van der Waals surface area contributed by atoms with Crippen LogP contribution in [0.2, 0.25) is 0 Å². The third-order valence-electron chi connectivity index (χ3n) is 3.44. The highest BCUT2D eigenvalue weighted by Gasteiger charge is 2.15. The summed E-state index contributed by atoms with van der Waals surface area (Å²) in [5.74, 6) is -1.20. The van der Waals surface area contributed by atoms with Gasteiger partial charge in [-0.3, -0.25) is 18.7 Å². The van der Waals surface area contributed by atoms with Gasteiger partial charge in [0.25, 0.3) is 20.2 Å². The topological polar surface area (TPSA) is 195 Å². The van der Waals surface area contributed by atoms with Crippen LogP contribution in [0.25, 0.3) is 0 Å². The Morgan fingerprint density at radius 1 is 0.667 bits per heavy atom. The number of rotatable bonds is 8. The van der Waals surface area contributed by atoms with E-state index in [9.17, 15) is 35.2 Å². The number of halogens is 2. The van der Waals surface area contributed by atoms with Crippen LogP contribution in [-0.2, 0) is 42.7 Å². The molecule has 2 aromatic carbocycles. The third kappa shape index (κ3) is 19.5. The van der Waals surface area contributed by atoms with Crippen molar-refractivity contribution < 1.29 is 44.3 Å². The smallest absolute Gasteiger partial charge is 0.281 e. The van der Waals surface area contributed by atoms with E-state index in [1.165, 1.54) is 24.3 Å². The van der Waals surface area contributed by atoms with Crippen LogP contribution < -0.4 is 11.5 Å². The summed E-state index contributed by atoms with van der Waals surface area (Å²) < 4.78 is 79.0. The molecule has 2 rings (SSSR count). The van der Waals surface area contributed by atoms with Crippen LogP contribution in [0.5, 0.6) is 0 Å². The molecule has 184 valence electrons. The van der Waals surface area contributed by atoms with Gasteiger partial charge in [-0.2, -0.15) is 16.8 Å². The molecular formula is C19H24F2N2O8S2. The van der Waals surface area contributed by atoms with Gasteiger partial charge >= 0.3 is 0 Å². The lowest BCUT2D eigenvalue weighted by atomic mass is 10.1. The van der Waals surface area contributed by atoms with E-state index in [-0.39, 0.29) is 23.4 Å². The molecule has 0 heterocycles. The minimum Gasteiger partial charge on any atom is -0.370 e. The zero-order valence-corrected chi connectivity index (χ0v) is 18.9. The summed E-state index contributed by atoms with van der Waals surface area (Å²) in [5.41, 5.74) is 11.8. The van der Waals surface area contributed by atoms with Gasteiger partial charge in [-0.15, -0.1) is 0 Å². The van der Waals surface area contributed by atoms with Crippen LogP contribution in [0.4, 0.5) is 8.78 Å². The maximum Gasteiger partial charge on any atom is 0.281 e. The van der Waals surface area contributed by atoms with Crippen molar-refractivity contribution in [3.63, 3.8) is 0 Å². The van der Waals surface area contributed by atoms with Gasteiger partial charge < -0.3 is 11.5 Å². The van der Waals surface area contributed by atoms with Gasteiger partial charge in [0, 0.05) is 12.8 Å². The number of carbonyl (C=O) groups excluding carboxylic acids is 2. The predicted octanol–water partition coefficient (Wildman–Crippen LogP) is 1.21. The highest BCUT2D eigenvalue weighted by atomic mass is 32.3. The molecule has 0 aliphatic heterocycles. The maximum absolute atomic E-state index is 12.4. The Bertz CT molecular complexity index is 1020. The number of amides is 2. The molecule has 2 aromatic rings. The molecule has 0 aromatic heterocycles. The summed E-state index contributed by atoms with van der Waals surface area (Å²) in [5, 5.41) is -1.65. The summed E-state index contributed by atoms with van der Waals surface area (Å²) >= 11 is 0. The molecule has 2 amide bonds. The molecule has 0 unspecified atom stereocenters. The van der Waals surface area contributed by atoms with Gasteiger partial charge in [0.15, 0.2) is 0 Å². The predicted molar refractivity (Wildman–Crippen MR) is 116 cm³/mol. The van der Waals surface area contributed by atoms with E-state index >= 15 is 0 Å². The summed E-state index contributed by atoms with van der Waals surface area (Å²) in [6.07, 6.45) is 1.78. The molecule has 0 fully saturated rings. The number of aryl methyl sites for hydroxylation is 2. The molecule has 6 N–H and O–H groups in total. The Hall–Kier alpha value is -2.94. The summed E-state index contributed by atoms with van der Waals surface area (Å²) in [4.78, 5) is 20.8. The Balaban J connectivity index is 0.000000472. The molecule has 0 saturated carbocycles. The molecule has 33 heavy (non-hydrogen) atoms. The highest BCUT2D eigenvalue weighted by Crippen LogP contribution is 2.05. The second-order valence-corrected chi connectivity index (χ2v) is 9.74. The first-order valence-electron chi connectivity index (χ1n) is 9.03. The molecule has 0 spiro atoms. The third-order valence-corrected chi connectivity index (χ3v) is 5.83. The number of nitrogens with two attached hydrogens (primary N) is 2. The monoisotopic (exact) mass is 510 g/mol. The minimum absolute atomic E-state index is 0.266. The van der Waals surface area contributed by atoms with Crippen LogP contribution in [0.1, 0.15) is 24.0 Å². The van der Waals surface area contributed by atoms with Crippen molar-refractivity contribution in [3.05, 3.63) is 71.3 Å². The minimum atomic E-state index is -4.62. The van der Waals surface area contributed by atoms with Crippen LogP contribution >= 0.6 is 0 Å². The van der Waals surface area contributed by atoms with Crippen LogP contribution in [0, 0.1) is 11.6 Å². The number of primary amides is 2. The van der Waals surface area contributed by atoms with Crippen molar-refractivity contribution in [2.45, 2.75) is 25.7 Å². The van der Waals surface area contributed by atoms with E-state index in [4.69, 9.17) is 20.6 Å². The van der Waals surface area contributed by atoms with E-state index in [0.29, 0.717) is 25.7 Å². The van der Waals surface area contributed by atoms with Gasteiger partial charge in [-0.1, -0.05) is 24.3 Å². The van der Waals surface area contributed by atoms with Crippen molar-refractivity contribution in [3.8, 4) is 0 Å². The second kappa shape index (κ2) is 14.3. The largest absolute Gasteiger partial charge is 0.370 e. The van der Waals surface area contributed by atoms with Crippen molar-refractivity contribution in [2.75, 3.05) is 5.08 Å². The molecule has 14 heteroatoms. The lowest BCUT2D eigenvalue weighted by molar-refractivity contribution is -0.118. The van der Waals surface area contributed by atoms with Gasteiger partial charge in [0.2, 0.25) is 16.9 Å². The van der Waals surface area contributed by atoms with Crippen molar-refractivity contribution in [1.29, 1.82) is 0 Å². The van der Waals surface area contributed by atoms with Gasteiger partial charge in [-0.05, 0) is 48.2 Å². The maximum atomic E-state index is 12.4. The summed E-state index contributed by atoms with van der Waals surface area (Å²) in [7, 11) is -9.24. The first kappa shape index (κ1) is 30.1. The fourth-order valence-corrected chi connectivity index (χ4v) is 3.53. The summed E-state index contributed by atoms with van der Waals surface area (Å²) in [6, 6.07) is 12.1. The molecule has 10 nitrogen and oxygen atoms in total. The fraction of sp³-hybridized carbons (Fsp3) is 0.263. The van der Waals surface area contributed by atoms with Crippen molar-refractivity contribution >= 4 is 32.1 Å². The Morgan fingerprint density at radius 2 is 0.939 bits per heavy atom. The lowest BCUT2D eigenvalue weighted by Crippen LogP contribution is -2.13. The van der Waals surface area contributed by atoms with Crippen molar-refractivity contribution in [2.24, 2.45) is 11.5 Å². The first-order valence-corrected chi connectivity index (χ1v) is 12.2. The van der Waals surface area contributed by atoms with Gasteiger partial charge in [-0.25, -0.2) is 8.78 Å². The Kier molecular flexibility index (Phi) is 13.0. The lowest BCUT2D eigenvalue weighted by Gasteiger charge is -1.97. The van der Waals surface area contributed by atoms with E-state index in [0.717, 1.165) is 11.1 Å². The Labute approximate surface area is 190 Å². The molecule has 0 atom stereocenters. The van der Waals surface area contributed by atoms with E-state index in [2.05, 4.69) is 0 Å². The number of hydrogen-bond acceptors (Lipinski definition) is 6. The van der Waals surface area contributed by atoms with Gasteiger partial charge in [0.1, 0.15) is 11.6 Å². The van der Waals surface area contributed by atoms with Crippen LogP contribution in [-0.4, -0.2) is 42.8 Å². The van der Waals surface area contributed by atoms with Crippen molar-refractivity contribution in [1.82, 2.24) is 0 Å². The van der Waals surface area contributed by atoms with E-state index in [1.54, 1.807) is 24.3 Å². The zero-order chi connectivity index (χ0) is 25.7. The van der Waals surface area contributed by atoms with Crippen LogP contribution in [0.15, 0.2) is 48.5 Å². The number of hydrogen-bond donors (Lipinski definition) is 4. The SMILES string of the molecule is NC(=O)CCc1ccc(F)cc1.NC(=O)CCc1ccc(F)cc1.O=S(=O)(O)CS(=O)(=O)O. The first-order chi connectivity index (χ1) is 15.1. The molecule has 0 radical (unpaired) electrons. The zero-order valence-electron chi connectivity index (χ0n) is 17.2. The van der Waals surface area contributed by atoms with E-state index < -0.39 is 25.3 Å². The van der Waals surface area contributed by atoms with Crippen LogP contribution in [0.3, 0.4) is 0 Å². The van der Waals surface area contributed by atoms with E-state index in [1.807, 2.05) is 0 Å². The second-order valence-electron chi connectivity index (χ2n) is 6.47. The highest BCUT2D eigenvalue weighted by molar-refractivity contribution is 8.02. The Morgan fingerprint density at radius 3 is 1.12 bits per heavy atom. The average Bonchev–Trinajstić information content (AvgIpc) is 2.65. The molecule has 0 aliphatic rings. The number of benzene rings is 2. The number of carbonyl (C=O) groups is 2. The quantitative estimate of drug-likeness (QED) is 0.380. The standard InChI is InChI=1S/2C9H10FNO.CH4O6S2/c2*10-8-4-1-7(2-5-8)3-6-9(11)12;2-8(3,4)1-9(5,6)7/h2*1-2,4-5H,3,6H2,(H2,11,12);1H2,(H,2,3,4)(H,5,6,7). The summed E-state index contributed by atoms with van der Waals surface area (Å²) in [6.45, 7) is 0. The molecular weight excluding hydrogens is 486 g/mol. The molecule has 0 aliphatic carbocycles.